The highest BCUT2D eigenvalue weighted by Gasteiger charge is 2.32. The fourth-order valence-electron chi connectivity index (χ4n) is 5.26. The molecule has 2 aliphatic heterocycles. The molecule has 6 rings (SSSR count). The number of fused-ring (bicyclic) bond motifs is 2. The van der Waals surface area contributed by atoms with Crippen molar-refractivity contribution < 1.29 is 18.2 Å². The van der Waals surface area contributed by atoms with Crippen molar-refractivity contribution in [3.05, 3.63) is 125 Å². The van der Waals surface area contributed by atoms with Crippen LogP contribution in [0.5, 0.6) is 0 Å². The number of amides is 2. The van der Waals surface area contributed by atoms with Gasteiger partial charge in [0.2, 0.25) is 0 Å². The van der Waals surface area contributed by atoms with Gasteiger partial charge in [0.1, 0.15) is 5.82 Å². The van der Waals surface area contributed by atoms with Crippen molar-refractivity contribution in [3.63, 3.8) is 0 Å². The zero-order chi connectivity index (χ0) is 27.6. The zero-order valence-corrected chi connectivity index (χ0v) is 22.6. The highest BCUT2D eigenvalue weighted by atomic mass is 32.2. The standard InChI is InChI=1S/C32H28FN3O3S/c33-26-13-10-24(11-14-26)22-36-28-20-25(12-15-30(28)40(39)29-9-5-4-8-27(29)32(36)38)31(37)35-18-16-34(17-19-35)21-23-6-2-1-3-7-23/h1-15,20H,16-19,21-22H2/t40-/m0/s1. The largest absolute Gasteiger partial charge is 0.336 e. The van der Waals surface area contributed by atoms with E-state index in [0.29, 0.717) is 39.7 Å². The minimum Gasteiger partial charge on any atom is -0.336 e. The number of halogens is 1. The predicted octanol–water partition coefficient (Wildman–Crippen LogP) is 5.11. The quantitative estimate of drug-likeness (QED) is 0.345. The summed E-state index contributed by atoms with van der Waals surface area (Å²) in [4.78, 5) is 34.0. The van der Waals surface area contributed by atoms with Crippen molar-refractivity contribution >= 4 is 28.3 Å². The number of rotatable bonds is 5. The second kappa shape index (κ2) is 11.2. The Balaban J connectivity index is 1.28. The maximum absolute atomic E-state index is 13.8. The lowest BCUT2D eigenvalue weighted by Crippen LogP contribution is -2.48. The van der Waals surface area contributed by atoms with E-state index >= 15 is 0 Å². The molecule has 1 fully saturated rings. The third-order valence-electron chi connectivity index (χ3n) is 7.42. The number of anilines is 1. The van der Waals surface area contributed by atoms with E-state index < -0.39 is 10.8 Å². The van der Waals surface area contributed by atoms with E-state index in [1.807, 2.05) is 23.1 Å². The molecule has 2 aliphatic rings. The second-order valence-corrected chi connectivity index (χ2v) is 11.4. The molecule has 202 valence electrons. The van der Waals surface area contributed by atoms with Gasteiger partial charge in [-0.2, -0.15) is 0 Å². The molecule has 4 aromatic rings. The summed E-state index contributed by atoms with van der Waals surface area (Å²) in [6, 6.07) is 28.2. The molecule has 1 atom stereocenters. The molecule has 2 heterocycles. The summed E-state index contributed by atoms with van der Waals surface area (Å²) >= 11 is 0. The first-order valence-corrected chi connectivity index (χ1v) is 14.4. The lowest BCUT2D eigenvalue weighted by molar-refractivity contribution is 0.0628. The number of benzene rings is 4. The highest BCUT2D eigenvalue weighted by molar-refractivity contribution is 7.85. The van der Waals surface area contributed by atoms with Crippen molar-refractivity contribution in [2.75, 3.05) is 31.1 Å². The Morgan fingerprint density at radius 2 is 1.43 bits per heavy atom. The lowest BCUT2D eigenvalue weighted by atomic mass is 10.1. The van der Waals surface area contributed by atoms with Crippen LogP contribution in [0.3, 0.4) is 0 Å². The number of hydrogen-bond acceptors (Lipinski definition) is 4. The molecule has 0 unspecified atom stereocenters. The second-order valence-electron chi connectivity index (χ2n) is 10.0. The number of nitrogens with zero attached hydrogens (tertiary/aromatic N) is 3. The molecule has 0 saturated carbocycles. The normalized spacial score (nSPS) is 17.2. The summed E-state index contributed by atoms with van der Waals surface area (Å²) in [5.41, 5.74) is 3.18. The van der Waals surface area contributed by atoms with Gasteiger partial charge in [-0.3, -0.25) is 14.5 Å². The summed E-state index contributed by atoms with van der Waals surface area (Å²) in [7, 11) is -1.62. The highest BCUT2D eigenvalue weighted by Crippen LogP contribution is 2.36. The van der Waals surface area contributed by atoms with Crippen molar-refractivity contribution in [2.24, 2.45) is 0 Å². The first-order valence-electron chi connectivity index (χ1n) is 13.2. The minimum absolute atomic E-state index is 0.121. The Morgan fingerprint density at radius 1 is 0.750 bits per heavy atom. The number of piperazine rings is 1. The van der Waals surface area contributed by atoms with Gasteiger partial charge in [0.15, 0.2) is 0 Å². The third-order valence-corrected chi connectivity index (χ3v) is 8.92. The lowest BCUT2D eigenvalue weighted by Gasteiger charge is -2.35. The summed E-state index contributed by atoms with van der Waals surface area (Å²) < 4.78 is 27.2. The Hall–Kier alpha value is -4.14. The van der Waals surface area contributed by atoms with E-state index in [4.69, 9.17) is 0 Å². The minimum atomic E-state index is -1.62. The first-order chi connectivity index (χ1) is 19.5. The van der Waals surface area contributed by atoms with Gasteiger partial charge >= 0.3 is 0 Å². The van der Waals surface area contributed by atoms with Gasteiger partial charge in [-0.25, -0.2) is 8.60 Å². The molecule has 40 heavy (non-hydrogen) atoms. The monoisotopic (exact) mass is 553 g/mol. The third kappa shape index (κ3) is 5.20. The molecular formula is C32H28FN3O3S. The van der Waals surface area contributed by atoms with Gasteiger partial charge in [0, 0.05) is 38.3 Å². The summed E-state index contributed by atoms with van der Waals surface area (Å²) in [5.74, 6) is -0.801. The maximum Gasteiger partial charge on any atom is 0.259 e. The van der Waals surface area contributed by atoms with Gasteiger partial charge in [0.05, 0.1) is 38.4 Å². The van der Waals surface area contributed by atoms with E-state index in [9.17, 15) is 18.2 Å². The molecule has 1 saturated heterocycles. The molecule has 2 amide bonds. The average Bonchev–Trinajstić information content (AvgIpc) is 3.08. The van der Waals surface area contributed by atoms with E-state index in [1.54, 1.807) is 59.5 Å². The van der Waals surface area contributed by atoms with E-state index in [-0.39, 0.29) is 24.2 Å². The van der Waals surface area contributed by atoms with Crippen molar-refractivity contribution in [2.45, 2.75) is 22.9 Å². The molecule has 0 spiro atoms. The van der Waals surface area contributed by atoms with Crippen LogP contribution in [0.15, 0.2) is 107 Å². The summed E-state index contributed by atoms with van der Waals surface area (Å²) in [6.07, 6.45) is 0. The number of carbonyl (C=O) groups excluding carboxylic acids is 2. The molecular weight excluding hydrogens is 525 g/mol. The van der Waals surface area contributed by atoms with Crippen LogP contribution in [0.4, 0.5) is 10.1 Å². The molecule has 6 nitrogen and oxygen atoms in total. The topological polar surface area (TPSA) is 60.9 Å². The van der Waals surface area contributed by atoms with E-state index in [2.05, 4.69) is 17.0 Å². The summed E-state index contributed by atoms with van der Waals surface area (Å²) in [5, 5.41) is 0. The van der Waals surface area contributed by atoms with Crippen LogP contribution < -0.4 is 4.90 Å². The van der Waals surface area contributed by atoms with Crippen LogP contribution in [0.25, 0.3) is 0 Å². The van der Waals surface area contributed by atoms with E-state index in [1.165, 1.54) is 17.7 Å². The fourth-order valence-corrected chi connectivity index (χ4v) is 6.60. The SMILES string of the molecule is O=C(c1ccc2c(c1)N(Cc1ccc(F)cc1)C(=O)c1ccccc1[S@@]2=O)N1CCN(Cc2ccccc2)CC1. The van der Waals surface area contributed by atoms with Crippen molar-refractivity contribution in [1.29, 1.82) is 0 Å². The Morgan fingerprint density at radius 3 is 2.17 bits per heavy atom. The molecule has 4 aromatic carbocycles. The predicted molar refractivity (Wildman–Crippen MR) is 152 cm³/mol. The molecule has 0 N–H and O–H groups in total. The van der Waals surface area contributed by atoms with Crippen LogP contribution in [-0.2, 0) is 23.9 Å². The van der Waals surface area contributed by atoms with Gasteiger partial charge in [-0.1, -0.05) is 54.6 Å². The molecule has 0 bridgehead atoms. The Bertz CT molecular complexity index is 1590. The van der Waals surface area contributed by atoms with Crippen LogP contribution in [-0.4, -0.2) is 52.0 Å². The first kappa shape index (κ1) is 26.1. The average molecular weight is 554 g/mol. The smallest absolute Gasteiger partial charge is 0.259 e. The Labute approximate surface area is 235 Å². The Kier molecular flexibility index (Phi) is 7.28. The van der Waals surface area contributed by atoms with Gasteiger partial charge in [0.25, 0.3) is 11.8 Å². The van der Waals surface area contributed by atoms with Gasteiger partial charge in [-0.15, -0.1) is 0 Å². The summed E-state index contributed by atoms with van der Waals surface area (Å²) in [6.45, 7) is 3.71. The van der Waals surface area contributed by atoms with Crippen LogP contribution >= 0.6 is 0 Å². The van der Waals surface area contributed by atoms with E-state index in [0.717, 1.165) is 25.2 Å². The fraction of sp³-hybridized carbons (Fsp3) is 0.188. The number of carbonyl (C=O) groups is 2. The molecule has 0 radical (unpaired) electrons. The van der Waals surface area contributed by atoms with Gasteiger partial charge < -0.3 is 9.80 Å². The van der Waals surface area contributed by atoms with Crippen molar-refractivity contribution in [3.8, 4) is 0 Å². The molecule has 0 aliphatic carbocycles. The van der Waals surface area contributed by atoms with Crippen molar-refractivity contribution in [1.82, 2.24) is 9.80 Å². The molecule has 8 heteroatoms. The van der Waals surface area contributed by atoms with Crippen LogP contribution in [0, 0.1) is 5.82 Å². The van der Waals surface area contributed by atoms with Gasteiger partial charge in [-0.05, 0) is 53.6 Å². The van der Waals surface area contributed by atoms with Crippen LogP contribution in [0.2, 0.25) is 0 Å². The van der Waals surface area contributed by atoms with Crippen LogP contribution in [0.1, 0.15) is 31.8 Å². The maximum atomic E-state index is 13.8. The zero-order valence-electron chi connectivity index (χ0n) is 21.8. The number of hydrogen-bond donors (Lipinski definition) is 0. The molecule has 0 aromatic heterocycles.